The van der Waals surface area contributed by atoms with Crippen molar-refractivity contribution in [2.75, 3.05) is 19.6 Å². The number of rotatable bonds is 11. The van der Waals surface area contributed by atoms with Gasteiger partial charge in [-0.25, -0.2) is 4.79 Å². The molecule has 2 aliphatic rings. The molecule has 0 unspecified atom stereocenters. The number of carbonyl (C=O) groups is 3. The topological polar surface area (TPSA) is 91.0 Å². The first-order valence-corrected chi connectivity index (χ1v) is 15.0. The van der Waals surface area contributed by atoms with Gasteiger partial charge in [0.2, 0.25) is 5.91 Å². The lowest BCUT2D eigenvalue weighted by Crippen LogP contribution is -2.49. The quantitative estimate of drug-likeness (QED) is 0.318. The zero-order valence-electron chi connectivity index (χ0n) is 23.6. The number of urea groups is 1. The van der Waals surface area contributed by atoms with Crippen molar-refractivity contribution in [1.29, 1.82) is 0 Å². The van der Waals surface area contributed by atoms with Crippen LogP contribution in [0.5, 0.6) is 11.5 Å². The molecule has 8 nitrogen and oxygen atoms in total. The molecular weight excluding hydrogens is 536 g/mol. The van der Waals surface area contributed by atoms with E-state index in [4.69, 9.17) is 4.74 Å². The van der Waals surface area contributed by atoms with Crippen molar-refractivity contribution in [3.8, 4) is 11.5 Å². The maximum absolute atomic E-state index is 14.1. The van der Waals surface area contributed by atoms with E-state index in [0.717, 1.165) is 12.0 Å². The van der Waals surface area contributed by atoms with Gasteiger partial charge in [-0.1, -0.05) is 50.2 Å². The highest BCUT2D eigenvalue weighted by molar-refractivity contribution is 7.09. The first kappa shape index (κ1) is 28.4. The molecule has 2 aliphatic heterocycles. The van der Waals surface area contributed by atoms with E-state index in [9.17, 15) is 14.4 Å². The summed E-state index contributed by atoms with van der Waals surface area (Å²) in [6.07, 6.45) is 1.27. The summed E-state index contributed by atoms with van der Waals surface area (Å²) in [6, 6.07) is 19.4. The van der Waals surface area contributed by atoms with Crippen LogP contribution in [-0.2, 0) is 16.0 Å². The maximum atomic E-state index is 14.1. The van der Waals surface area contributed by atoms with Crippen molar-refractivity contribution in [2.45, 2.75) is 45.7 Å². The minimum atomic E-state index is -0.654. The summed E-state index contributed by atoms with van der Waals surface area (Å²) in [5.41, 5.74) is 1.90. The number of ether oxygens (including phenoxy) is 1. The summed E-state index contributed by atoms with van der Waals surface area (Å²) in [5.74, 6) is 1.10. The van der Waals surface area contributed by atoms with Crippen LogP contribution < -0.4 is 15.4 Å². The maximum Gasteiger partial charge on any atom is 0.322 e. The van der Waals surface area contributed by atoms with E-state index < -0.39 is 12.1 Å². The third-order valence-corrected chi connectivity index (χ3v) is 8.30. The largest absolute Gasteiger partial charge is 0.457 e. The van der Waals surface area contributed by atoms with Crippen molar-refractivity contribution in [3.63, 3.8) is 0 Å². The fraction of sp³-hybridized carbons (Fsp3) is 0.344. The summed E-state index contributed by atoms with van der Waals surface area (Å²) < 4.78 is 6.03. The smallest absolute Gasteiger partial charge is 0.322 e. The Hall–Kier alpha value is -4.11. The molecule has 0 bridgehead atoms. The van der Waals surface area contributed by atoms with Crippen LogP contribution in [0.25, 0.3) is 0 Å². The van der Waals surface area contributed by atoms with Crippen molar-refractivity contribution < 1.29 is 19.1 Å². The predicted octanol–water partition coefficient (Wildman–Crippen LogP) is 5.50. The summed E-state index contributed by atoms with van der Waals surface area (Å²) in [6.45, 7) is 7.10. The van der Waals surface area contributed by atoms with Gasteiger partial charge in [0.05, 0.1) is 23.9 Å². The lowest BCUT2D eigenvalue weighted by molar-refractivity contribution is -0.137. The molecular formula is C32H36N4O4S. The normalized spacial score (nSPS) is 17.5. The number of nitrogens with zero attached hydrogens (tertiary/aromatic N) is 2. The van der Waals surface area contributed by atoms with Gasteiger partial charge in [0.15, 0.2) is 0 Å². The summed E-state index contributed by atoms with van der Waals surface area (Å²) in [4.78, 5) is 45.3. The van der Waals surface area contributed by atoms with Gasteiger partial charge >= 0.3 is 6.03 Å². The molecule has 2 atom stereocenters. The SMILES string of the molecule is CCN1C(=O)N[C@@H](c2cccc(Oc3ccccc3)c2)C2=C1CN([C@@H](CC(C)C)C(=O)NCCc1cccs1)C2=O. The Morgan fingerprint density at radius 2 is 1.85 bits per heavy atom. The molecule has 214 valence electrons. The fourth-order valence-corrected chi connectivity index (χ4v) is 6.14. The molecule has 41 heavy (non-hydrogen) atoms. The molecule has 5 rings (SSSR count). The average Bonchev–Trinajstić information content (AvgIpc) is 3.60. The minimum Gasteiger partial charge on any atom is -0.457 e. The van der Waals surface area contributed by atoms with E-state index in [2.05, 4.69) is 10.6 Å². The molecule has 3 aromatic rings. The highest BCUT2D eigenvalue weighted by Crippen LogP contribution is 2.38. The average molecular weight is 573 g/mol. The van der Waals surface area contributed by atoms with E-state index in [-0.39, 0.29) is 30.3 Å². The van der Waals surface area contributed by atoms with Gasteiger partial charge in [-0.15, -0.1) is 11.3 Å². The number of nitrogens with one attached hydrogen (secondary N) is 2. The number of likely N-dealkylation sites (N-methyl/N-ethyl adjacent to an activating group) is 1. The van der Waals surface area contributed by atoms with Gasteiger partial charge in [-0.2, -0.15) is 0 Å². The van der Waals surface area contributed by atoms with Crippen LogP contribution >= 0.6 is 11.3 Å². The van der Waals surface area contributed by atoms with Crippen LogP contribution in [0.15, 0.2) is 83.4 Å². The zero-order chi connectivity index (χ0) is 28.9. The molecule has 0 fully saturated rings. The van der Waals surface area contributed by atoms with Crippen molar-refractivity contribution in [1.82, 2.24) is 20.4 Å². The second-order valence-electron chi connectivity index (χ2n) is 10.7. The predicted molar refractivity (Wildman–Crippen MR) is 160 cm³/mol. The van der Waals surface area contributed by atoms with Crippen LogP contribution in [0, 0.1) is 5.92 Å². The van der Waals surface area contributed by atoms with Crippen LogP contribution in [0.3, 0.4) is 0 Å². The molecule has 9 heteroatoms. The second-order valence-corrected chi connectivity index (χ2v) is 11.7. The van der Waals surface area contributed by atoms with Crippen LogP contribution in [0.2, 0.25) is 0 Å². The summed E-state index contributed by atoms with van der Waals surface area (Å²) in [7, 11) is 0. The number of hydrogen-bond acceptors (Lipinski definition) is 5. The van der Waals surface area contributed by atoms with Crippen LogP contribution in [0.4, 0.5) is 4.79 Å². The monoisotopic (exact) mass is 572 g/mol. The molecule has 0 saturated carbocycles. The Kier molecular flexibility index (Phi) is 8.73. The van der Waals surface area contributed by atoms with E-state index in [1.54, 1.807) is 21.1 Å². The van der Waals surface area contributed by atoms with Gasteiger partial charge in [-0.05, 0) is 67.0 Å². The first-order chi connectivity index (χ1) is 19.9. The Morgan fingerprint density at radius 3 is 2.56 bits per heavy atom. The van der Waals surface area contributed by atoms with Gasteiger partial charge in [0.1, 0.15) is 17.5 Å². The van der Waals surface area contributed by atoms with Crippen LogP contribution in [0.1, 0.15) is 43.7 Å². The standard InChI is InChI=1S/C32H36N4O4S/c1-4-35-27-20-36(26(18-21(2)3)30(37)33-16-15-25-14-9-17-41-25)31(38)28(27)29(34-32(35)39)22-10-8-13-24(19-22)40-23-11-6-5-7-12-23/h5-14,17,19,21,26,29H,4,15-16,18,20H2,1-3H3,(H,33,37)(H,34,39)/t26-,29-/m0/s1. The highest BCUT2D eigenvalue weighted by Gasteiger charge is 2.46. The Labute approximate surface area is 245 Å². The molecule has 0 radical (unpaired) electrons. The third-order valence-electron chi connectivity index (χ3n) is 7.36. The third kappa shape index (κ3) is 6.30. The Balaban J connectivity index is 1.40. The number of hydrogen-bond donors (Lipinski definition) is 2. The van der Waals surface area contributed by atoms with Crippen LogP contribution in [-0.4, -0.2) is 53.3 Å². The number of para-hydroxylation sites is 1. The van der Waals surface area contributed by atoms with Crippen molar-refractivity contribution in [2.24, 2.45) is 5.92 Å². The Morgan fingerprint density at radius 1 is 1.07 bits per heavy atom. The lowest BCUT2D eigenvalue weighted by atomic mass is 9.95. The molecule has 0 saturated heterocycles. The van der Waals surface area contributed by atoms with Gasteiger partial charge in [0.25, 0.3) is 5.91 Å². The van der Waals surface area contributed by atoms with E-state index >= 15 is 0 Å². The molecule has 3 heterocycles. The minimum absolute atomic E-state index is 0.166. The molecule has 0 aliphatic carbocycles. The zero-order valence-corrected chi connectivity index (χ0v) is 24.4. The lowest BCUT2D eigenvalue weighted by Gasteiger charge is -2.33. The number of amides is 4. The molecule has 1 aromatic heterocycles. The van der Waals surface area contributed by atoms with E-state index in [1.165, 1.54) is 4.88 Å². The summed E-state index contributed by atoms with van der Waals surface area (Å²) >= 11 is 1.66. The first-order valence-electron chi connectivity index (χ1n) is 14.1. The van der Waals surface area contributed by atoms with Gasteiger partial charge in [0, 0.05) is 18.0 Å². The summed E-state index contributed by atoms with van der Waals surface area (Å²) in [5, 5.41) is 8.11. The second kappa shape index (κ2) is 12.6. The van der Waals surface area contributed by atoms with Crippen molar-refractivity contribution >= 4 is 29.2 Å². The number of carbonyl (C=O) groups excluding carboxylic acids is 3. The van der Waals surface area contributed by atoms with E-state index in [1.807, 2.05) is 92.9 Å². The van der Waals surface area contributed by atoms with Gasteiger partial charge in [-0.3, -0.25) is 14.5 Å². The Bertz CT molecular complexity index is 1420. The van der Waals surface area contributed by atoms with E-state index in [0.29, 0.717) is 42.3 Å². The molecule has 2 N–H and O–H groups in total. The van der Waals surface area contributed by atoms with Gasteiger partial charge < -0.3 is 20.3 Å². The number of benzene rings is 2. The number of thiophene rings is 1. The molecule has 2 aromatic carbocycles. The van der Waals surface area contributed by atoms with Crippen molar-refractivity contribution in [3.05, 3.63) is 93.8 Å². The highest BCUT2D eigenvalue weighted by atomic mass is 32.1. The molecule has 0 spiro atoms. The molecule has 4 amide bonds. The fourth-order valence-electron chi connectivity index (χ4n) is 5.44.